The van der Waals surface area contributed by atoms with Gasteiger partial charge in [0.2, 0.25) is 5.76 Å². The summed E-state index contributed by atoms with van der Waals surface area (Å²) in [5.41, 5.74) is 5.90. The van der Waals surface area contributed by atoms with Gasteiger partial charge in [0.1, 0.15) is 5.76 Å². The Balaban J connectivity index is 1.85. The largest absolute Gasteiger partial charge is 0.475 e. The standard InChI is InChI=1S/C13H20N2O3/c1-9(14)10-4-6-15(7-5-10)8-11-2-3-12(18-11)13(16)17/h2-3,9-10H,4-8,14H2,1H3,(H,16,17). The molecule has 0 spiro atoms. The van der Waals surface area contributed by atoms with Gasteiger partial charge < -0.3 is 15.3 Å². The van der Waals surface area contributed by atoms with Crippen molar-refractivity contribution in [1.82, 2.24) is 4.90 Å². The molecule has 1 fully saturated rings. The van der Waals surface area contributed by atoms with Gasteiger partial charge in [0, 0.05) is 6.04 Å². The average molecular weight is 252 g/mol. The molecule has 0 radical (unpaired) electrons. The van der Waals surface area contributed by atoms with Crippen LogP contribution in [0.15, 0.2) is 16.5 Å². The summed E-state index contributed by atoms with van der Waals surface area (Å²) in [7, 11) is 0. The molecule has 1 atom stereocenters. The number of carbonyl (C=O) groups is 1. The first-order chi connectivity index (χ1) is 8.56. The molecule has 18 heavy (non-hydrogen) atoms. The van der Waals surface area contributed by atoms with Crippen molar-refractivity contribution < 1.29 is 14.3 Å². The molecule has 3 N–H and O–H groups in total. The zero-order valence-electron chi connectivity index (χ0n) is 10.6. The van der Waals surface area contributed by atoms with Gasteiger partial charge in [0.25, 0.3) is 0 Å². The lowest BCUT2D eigenvalue weighted by Gasteiger charge is -2.33. The third-order valence-corrected chi connectivity index (χ3v) is 3.63. The van der Waals surface area contributed by atoms with Crippen LogP contribution in [0.2, 0.25) is 0 Å². The molecule has 1 aromatic heterocycles. The van der Waals surface area contributed by atoms with Crippen molar-refractivity contribution in [2.75, 3.05) is 13.1 Å². The number of carboxylic acid groups (broad SMARTS) is 1. The Hall–Kier alpha value is -1.33. The molecule has 2 heterocycles. The summed E-state index contributed by atoms with van der Waals surface area (Å²) in [6.45, 7) is 4.73. The van der Waals surface area contributed by atoms with Crippen LogP contribution in [0.25, 0.3) is 0 Å². The van der Waals surface area contributed by atoms with Gasteiger partial charge in [0.05, 0.1) is 6.54 Å². The average Bonchev–Trinajstić information content (AvgIpc) is 2.78. The van der Waals surface area contributed by atoms with Crippen LogP contribution >= 0.6 is 0 Å². The van der Waals surface area contributed by atoms with Gasteiger partial charge in [-0.15, -0.1) is 0 Å². The van der Waals surface area contributed by atoms with Crippen molar-refractivity contribution in [3.63, 3.8) is 0 Å². The lowest BCUT2D eigenvalue weighted by atomic mass is 9.91. The van der Waals surface area contributed by atoms with Crippen LogP contribution < -0.4 is 5.73 Å². The molecule has 1 aliphatic heterocycles. The van der Waals surface area contributed by atoms with Crippen LogP contribution in [-0.2, 0) is 6.54 Å². The maximum Gasteiger partial charge on any atom is 0.371 e. The number of nitrogens with two attached hydrogens (primary N) is 1. The van der Waals surface area contributed by atoms with E-state index in [1.165, 1.54) is 6.07 Å². The molecule has 100 valence electrons. The number of likely N-dealkylation sites (tertiary alicyclic amines) is 1. The molecule has 1 aliphatic rings. The van der Waals surface area contributed by atoms with E-state index < -0.39 is 5.97 Å². The first-order valence-electron chi connectivity index (χ1n) is 6.36. The minimum atomic E-state index is -1.02. The Morgan fingerprint density at radius 2 is 2.22 bits per heavy atom. The molecule has 0 bridgehead atoms. The zero-order valence-corrected chi connectivity index (χ0v) is 10.6. The smallest absolute Gasteiger partial charge is 0.371 e. The molecule has 5 nitrogen and oxygen atoms in total. The molecule has 1 saturated heterocycles. The topological polar surface area (TPSA) is 79.7 Å². The molecule has 0 aliphatic carbocycles. The number of rotatable bonds is 4. The lowest BCUT2D eigenvalue weighted by Crippen LogP contribution is -2.39. The summed E-state index contributed by atoms with van der Waals surface area (Å²) in [5.74, 6) is 0.312. The zero-order chi connectivity index (χ0) is 13.1. The Morgan fingerprint density at radius 3 is 2.72 bits per heavy atom. The Kier molecular flexibility index (Phi) is 4.04. The summed E-state index contributed by atoms with van der Waals surface area (Å²) in [6.07, 6.45) is 2.20. The monoisotopic (exact) mass is 252 g/mol. The van der Waals surface area contributed by atoms with Gasteiger partial charge >= 0.3 is 5.97 Å². The fourth-order valence-electron chi connectivity index (χ4n) is 2.44. The van der Waals surface area contributed by atoms with Crippen LogP contribution in [0.3, 0.4) is 0 Å². The second kappa shape index (κ2) is 5.54. The molecule has 2 rings (SSSR count). The van der Waals surface area contributed by atoms with Crippen LogP contribution in [0.5, 0.6) is 0 Å². The maximum absolute atomic E-state index is 10.7. The van der Waals surface area contributed by atoms with E-state index in [2.05, 4.69) is 11.8 Å². The van der Waals surface area contributed by atoms with E-state index in [0.29, 0.717) is 18.2 Å². The lowest BCUT2D eigenvalue weighted by molar-refractivity contribution is 0.0657. The highest BCUT2D eigenvalue weighted by atomic mass is 16.4. The fraction of sp³-hybridized carbons (Fsp3) is 0.615. The quantitative estimate of drug-likeness (QED) is 0.849. The summed E-state index contributed by atoms with van der Waals surface area (Å²) >= 11 is 0. The van der Waals surface area contributed by atoms with Crippen molar-refractivity contribution in [2.45, 2.75) is 32.4 Å². The maximum atomic E-state index is 10.7. The fourth-order valence-corrected chi connectivity index (χ4v) is 2.44. The van der Waals surface area contributed by atoms with Crippen molar-refractivity contribution >= 4 is 5.97 Å². The number of hydrogen-bond acceptors (Lipinski definition) is 4. The van der Waals surface area contributed by atoms with E-state index in [4.69, 9.17) is 15.3 Å². The summed E-state index contributed by atoms with van der Waals surface area (Å²) in [6, 6.07) is 3.50. The number of aromatic carboxylic acids is 1. The highest BCUT2D eigenvalue weighted by molar-refractivity contribution is 5.84. The van der Waals surface area contributed by atoms with Gasteiger partial charge in [-0.25, -0.2) is 4.79 Å². The minimum absolute atomic E-state index is 0.00969. The first-order valence-corrected chi connectivity index (χ1v) is 6.36. The molecule has 1 aromatic rings. The third-order valence-electron chi connectivity index (χ3n) is 3.63. The predicted molar refractivity (Wildman–Crippen MR) is 67.3 cm³/mol. The van der Waals surface area contributed by atoms with E-state index in [1.807, 2.05) is 0 Å². The SMILES string of the molecule is CC(N)C1CCN(Cc2ccc(C(=O)O)o2)CC1. The number of furan rings is 1. The molecular weight excluding hydrogens is 232 g/mol. The van der Waals surface area contributed by atoms with Gasteiger partial charge in [0.15, 0.2) is 0 Å². The second-order valence-corrected chi connectivity index (χ2v) is 5.04. The van der Waals surface area contributed by atoms with E-state index in [-0.39, 0.29) is 11.8 Å². The molecule has 0 amide bonds. The number of nitrogens with zero attached hydrogens (tertiary/aromatic N) is 1. The molecule has 0 saturated carbocycles. The van der Waals surface area contributed by atoms with Gasteiger partial charge in [-0.2, -0.15) is 0 Å². The highest BCUT2D eigenvalue weighted by Crippen LogP contribution is 2.21. The number of carboxylic acids is 1. The van der Waals surface area contributed by atoms with Crippen LogP contribution in [0.1, 0.15) is 36.1 Å². The number of piperidine rings is 1. The summed E-state index contributed by atoms with van der Waals surface area (Å²) in [5, 5.41) is 8.78. The van der Waals surface area contributed by atoms with E-state index >= 15 is 0 Å². The molecule has 0 aromatic carbocycles. The predicted octanol–water partition coefficient (Wildman–Crippen LogP) is 1.54. The summed E-state index contributed by atoms with van der Waals surface area (Å²) in [4.78, 5) is 13.0. The molecule has 5 heteroatoms. The number of hydrogen-bond donors (Lipinski definition) is 2. The highest BCUT2D eigenvalue weighted by Gasteiger charge is 2.22. The minimum Gasteiger partial charge on any atom is -0.475 e. The van der Waals surface area contributed by atoms with Crippen molar-refractivity contribution in [1.29, 1.82) is 0 Å². The Labute approximate surface area is 107 Å². The van der Waals surface area contributed by atoms with Crippen molar-refractivity contribution in [3.8, 4) is 0 Å². The van der Waals surface area contributed by atoms with E-state index in [0.717, 1.165) is 25.9 Å². The molecule has 1 unspecified atom stereocenters. The van der Waals surface area contributed by atoms with Gasteiger partial charge in [-0.05, 0) is 50.9 Å². The van der Waals surface area contributed by atoms with Gasteiger partial charge in [-0.3, -0.25) is 4.90 Å². The van der Waals surface area contributed by atoms with Crippen LogP contribution in [-0.4, -0.2) is 35.1 Å². The van der Waals surface area contributed by atoms with Crippen molar-refractivity contribution in [3.05, 3.63) is 23.7 Å². The Morgan fingerprint density at radius 1 is 1.56 bits per heavy atom. The molecular formula is C13H20N2O3. The van der Waals surface area contributed by atoms with E-state index in [1.54, 1.807) is 6.07 Å². The van der Waals surface area contributed by atoms with Crippen molar-refractivity contribution in [2.24, 2.45) is 11.7 Å². The summed E-state index contributed by atoms with van der Waals surface area (Å²) < 4.78 is 5.26. The van der Waals surface area contributed by atoms with Crippen LogP contribution in [0, 0.1) is 5.92 Å². The van der Waals surface area contributed by atoms with E-state index in [9.17, 15) is 4.79 Å². The second-order valence-electron chi connectivity index (χ2n) is 5.04. The Bertz CT molecular complexity index is 406. The normalized spacial score (nSPS) is 19.9. The van der Waals surface area contributed by atoms with Gasteiger partial charge in [-0.1, -0.05) is 0 Å². The van der Waals surface area contributed by atoms with Crippen LogP contribution in [0.4, 0.5) is 0 Å². The first kappa shape index (κ1) is 13.1. The third kappa shape index (κ3) is 3.11.